The highest BCUT2D eigenvalue weighted by Crippen LogP contribution is 2.44. The Kier molecular flexibility index (Phi) is 5.48. The Hall–Kier alpha value is -4.38. The summed E-state index contributed by atoms with van der Waals surface area (Å²) in [5.74, 6) is -0.779. The Morgan fingerprint density at radius 1 is 0.844 bits per heavy atom. The zero-order valence-corrected chi connectivity index (χ0v) is 17.1. The zero-order chi connectivity index (χ0) is 22.8. The first kappa shape index (κ1) is 20.9. The van der Waals surface area contributed by atoms with Gasteiger partial charge in [-0.15, -0.1) is 0 Å². The number of nitro groups is 2. The van der Waals surface area contributed by atoms with Crippen LogP contribution in [-0.4, -0.2) is 15.8 Å². The third kappa shape index (κ3) is 4.23. The van der Waals surface area contributed by atoms with Gasteiger partial charge >= 0.3 is 0 Å². The lowest BCUT2D eigenvalue weighted by Gasteiger charge is -2.21. The van der Waals surface area contributed by atoms with Gasteiger partial charge < -0.3 is 5.32 Å². The molecule has 11 heteroatoms. The van der Waals surface area contributed by atoms with E-state index in [-0.39, 0.29) is 5.56 Å². The van der Waals surface area contributed by atoms with Gasteiger partial charge in [-0.2, -0.15) is 0 Å². The molecule has 0 aliphatic carbocycles. The summed E-state index contributed by atoms with van der Waals surface area (Å²) in [5, 5.41) is 25.4. The molecule has 3 aromatic carbocycles. The summed E-state index contributed by atoms with van der Waals surface area (Å²) in [6, 6.07) is 16.3. The molecular formula is C21H15N5O5S. The first-order valence-corrected chi connectivity index (χ1v) is 10.0. The second-order valence-corrected chi connectivity index (χ2v) is 7.83. The minimum atomic E-state index is -0.799. The number of anilines is 2. The van der Waals surface area contributed by atoms with Crippen LogP contribution in [-0.2, 0) is 0 Å². The summed E-state index contributed by atoms with van der Waals surface area (Å²) in [4.78, 5) is 35.0. The minimum absolute atomic E-state index is 0.230. The van der Waals surface area contributed by atoms with E-state index in [4.69, 9.17) is 0 Å². The molecule has 0 atom stereocenters. The van der Waals surface area contributed by atoms with Gasteiger partial charge in [0.2, 0.25) is 0 Å². The highest BCUT2D eigenvalue weighted by atomic mass is 32.2. The Bertz CT molecular complexity index is 1260. The number of carbonyl (C=O) groups is 1. The fourth-order valence-corrected chi connectivity index (χ4v) is 4.01. The van der Waals surface area contributed by atoms with Crippen molar-refractivity contribution in [2.75, 3.05) is 5.32 Å². The van der Waals surface area contributed by atoms with Crippen LogP contribution in [0.2, 0.25) is 0 Å². The Morgan fingerprint density at radius 2 is 1.50 bits per heavy atom. The van der Waals surface area contributed by atoms with Crippen LogP contribution in [0.5, 0.6) is 0 Å². The molecule has 4 rings (SSSR count). The van der Waals surface area contributed by atoms with Crippen molar-refractivity contribution in [1.82, 2.24) is 10.9 Å². The molecule has 1 amide bonds. The Labute approximate surface area is 185 Å². The van der Waals surface area contributed by atoms with E-state index >= 15 is 0 Å². The Morgan fingerprint density at radius 3 is 2.19 bits per heavy atom. The molecule has 0 fully saturated rings. The van der Waals surface area contributed by atoms with E-state index < -0.39 is 27.1 Å². The first-order chi connectivity index (χ1) is 15.3. The fourth-order valence-electron chi connectivity index (χ4n) is 3.04. The van der Waals surface area contributed by atoms with Gasteiger partial charge in [0, 0.05) is 27.5 Å². The number of hydrazine groups is 1. The predicted octanol–water partition coefficient (Wildman–Crippen LogP) is 4.62. The highest BCUT2D eigenvalue weighted by molar-refractivity contribution is 7.99. The van der Waals surface area contributed by atoms with Crippen molar-refractivity contribution in [2.24, 2.45) is 0 Å². The molecule has 0 bridgehead atoms. The van der Waals surface area contributed by atoms with Crippen molar-refractivity contribution in [1.29, 1.82) is 0 Å². The summed E-state index contributed by atoms with van der Waals surface area (Å²) < 4.78 is 0. The lowest BCUT2D eigenvalue weighted by molar-refractivity contribution is -0.394. The number of amides is 1. The molecule has 1 aliphatic heterocycles. The second kappa shape index (κ2) is 8.40. The van der Waals surface area contributed by atoms with Crippen molar-refractivity contribution in [3.05, 3.63) is 98.6 Å². The summed E-state index contributed by atoms with van der Waals surface area (Å²) in [6.07, 6.45) is 0. The summed E-state index contributed by atoms with van der Waals surface area (Å²) in [7, 11) is 0. The average molecular weight is 449 g/mol. The maximum Gasteiger partial charge on any atom is 0.277 e. The van der Waals surface area contributed by atoms with Gasteiger partial charge in [-0.05, 0) is 24.3 Å². The standard InChI is InChI=1S/C21H15N5O5S/c1-12(13-6-7-20-18(10-13)22-17-4-2-3-5-19(17)32-20)23-24-21(27)14-8-15(25(28)29)11-16(9-14)26(30)31/h2-11,22-23H,1H2,(H,24,27). The van der Waals surface area contributed by atoms with E-state index in [1.54, 1.807) is 11.8 Å². The second-order valence-electron chi connectivity index (χ2n) is 6.74. The van der Waals surface area contributed by atoms with Crippen molar-refractivity contribution >= 4 is 46.1 Å². The van der Waals surface area contributed by atoms with Gasteiger partial charge in [-0.3, -0.25) is 35.9 Å². The number of para-hydroxylation sites is 1. The Balaban J connectivity index is 1.47. The number of hydrogen-bond acceptors (Lipinski definition) is 8. The monoisotopic (exact) mass is 449 g/mol. The average Bonchev–Trinajstić information content (AvgIpc) is 2.80. The van der Waals surface area contributed by atoms with Crippen LogP contribution in [0.4, 0.5) is 22.7 Å². The predicted molar refractivity (Wildman–Crippen MR) is 120 cm³/mol. The maximum atomic E-state index is 12.4. The first-order valence-electron chi connectivity index (χ1n) is 9.19. The van der Waals surface area contributed by atoms with Crippen LogP contribution < -0.4 is 16.2 Å². The number of fused-ring (bicyclic) bond motifs is 2. The lowest BCUT2D eigenvalue weighted by Crippen LogP contribution is -2.35. The summed E-state index contributed by atoms with van der Waals surface area (Å²) in [5.41, 5.74) is 6.61. The van der Waals surface area contributed by atoms with E-state index in [9.17, 15) is 25.0 Å². The molecule has 1 heterocycles. The molecule has 0 unspecified atom stereocenters. The molecule has 0 spiro atoms. The van der Waals surface area contributed by atoms with E-state index in [0.29, 0.717) is 11.3 Å². The third-order valence-electron chi connectivity index (χ3n) is 4.62. The number of carbonyl (C=O) groups excluding carboxylic acids is 1. The normalized spacial score (nSPS) is 11.4. The number of benzene rings is 3. The van der Waals surface area contributed by atoms with Crippen LogP contribution >= 0.6 is 11.8 Å². The van der Waals surface area contributed by atoms with E-state index in [1.165, 1.54) is 0 Å². The number of nitrogens with one attached hydrogen (secondary N) is 3. The molecule has 160 valence electrons. The van der Waals surface area contributed by atoms with E-state index in [0.717, 1.165) is 39.4 Å². The van der Waals surface area contributed by atoms with Crippen molar-refractivity contribution in [3.63, 3.8) is 0 Å². The van der Waals surface area contributed by atoms with Gasteiger partial charge in [0.25, 0.3) is 17.3 Å². The van der Waals surface area contributed by atoms with Crippen molar-refractivity contribution < 1.29 is 14.6 Å². The van der Waals surface area contributed by atoms with Gasteiger partial charge in [0.15, 0.2) is 0 Å². The van der Waals surface area contributed by atoms with Crippen molar-refractivity contribution in [2.45, 2.75) is 9.79 Å². The molecule has 3 N–H and O–H groups in total. The molecule has 1 aliphatic rings. The smallest absolute Gasteiger partial charge is 0.277 e. The molecule has 0 aromatic heterocycles. The molecule has 0 radical (unpaired) electrons. The fraction of sp³-hybridized carbons (Fsp3) is 0. The zero-order valence-electron chi connectivity index (χ0n) is 16.3. The maximum absolute atomic E-state index is 12.4. The topological polar surface area (TPSA) is 139 Å². The molecule has 0 saturated carbocycles. The molecule has 32 heavy (non-hydrogen) atoms. The molecule has 0 saturated heterocycles. The summed E-state index contributed by atoms with van der Waals surface area (Å²) >= 11 is 1.63. The van der Waals surface area contributed by atoms with E-state index in [2.05, 4.69) is 22.7 Å². The number of rotatable bonds is 6. The van der Waals surface area contributed by atoms with Gasteiger partial charge in [-0.1, -0.05) is 36.5 Å². The number of non-ortho nitro benzene ring substituents is 2. The van der Waals surface area contributed by atoms with Gasteiger partial charge in [-0.25, -0.2) is 0 Å². The highest BCUT2D eigenvalue weighted by Gasteiger charge is 2.20. The number of nitro benzene ring substituents is 2. The summed E-state index contributed by atoms with van der Waals surface area (Å²) in [6.45, 7) is 3.90. The third-order valence-corrected chi connectivity index (χ3v) is 5.77. The molecule has 10 nitrogen and oxygen atoms in total. The van der Waals surface area contributed by atoms with E-state index in [1.807, 2.05) is 42.5 Å². The van der Waals surface area contributed by atoms with Gasteiger partial charge in [0.05, 0.1) is 38.5 Å². The number of nitrogens with zero attached hydrogens (tertiary/aromatic N) is 2. The van der Waals surface area contributed by atoms with Crippen LogP contribution in [0.3, 0.4) is 0 Å². The minimum Gasteiger partial charge on any atom is -0.354 e. The van der Waals surface area contributed by atoms with Crippen LogP contribution in [0.25, 0.3) is 5.70 Å². The van der Waals surface area contributed by atoms with Gasteiger partial charge in [0.1, 0.15) is 0 Å². The molecule has 3 aromatic rings. The largest absolute Gasteiger partial charge is 0.354 e. The molecular weight excluding hydrogens is 434 g/mol. The SMILES string of the molecule is C=C(NNC(=O)c1cc([N+](=O)[O-])cc([N+](=O)[O-])c1)c1ccc2c(c1)Nc1ccccc1S2. The quantitative estimate of drug-likeness (QED) is 0.286. The number of hydrogen-bond donors (Lipinski definition) is 3. The lowest BCUT2D eigenvalue weighted by atomic mass is 10.1. The van der Waals surface area contributed by atoms with Crippen molar-refractivity contribution in [3.8, 4) is 0 Å². The van der Waals surface area contributed by atoms with Crippen LogP contribution in [0, 0.1) is 20.2 Å². The van der Waals surface area contributed by atoms with Crippen LogP contribution in [0.15, 0.2) is 77.0 Å². The van der Waals surface area contributed by atoms with Crippen LogP contribution in [0.1, 0.15) is 15.9 Å².